The Labute approximate surface area is 100 Å². The first-order chi connectivity index (χ1) is 7.49. The molecule has 0 bridgehead atoms. The summed E-state index contributed by atoms with van der Waals surface area (Å²) in [7, 11) is -3.29. The largest absolute Gasteiger partial charge is 0.481 e. The van der Waals surface area contributed by atoms with Crippen molar-refractivity contribution >= 4 is 27.8 Å². The Morgan fingerprint density at radius 2 is 2.25 bits per heavy atom. The van der Waals surface area contributed by atoms with Crippen LogP contribution in [-0.2, 0) is 14.8 Å². The van der Waals surface area contributed by atoms with E-state index in [1.54, 1.807) is 11.8 Å². The van der Waals surface area contributed by atoms with E-state index in [-0.39, 0.29) is 18.6 Å². The highest BCUT2D eigenvalue weighted by atomic mass is 32.2. The van der Waals surface area contributed by atoms with Crippen molar-refractivity contribution in [3.05, 3.63) is 0 Å². The van der Waals surface area contributed by atoms with Crippen LogP contribution in [0.3, 0.4) is 0 Å². The molecule has 1 heterocycles. The smallest absolute Gasteiger partial charge is 0.303 e. The van der Waals surface area contributed by atoms with Crippen molar-refractivity contribution in [2.75, 3.05) is 18.1 Å². The van der Waals surface area contributed by atoms with Gasteiger partial charge in [0.15, 0.2) is 0 Å². The van der Waals surface area contributed by atoms with Crippen LogP contribution < -0.4 is 4.72 Å². The van der Waals surface area contributed by atoms with Gasteiger partial charge >= 0.3 is 5.97 Å². The second kappa shape index (κ2) is 6.46. The number of thioether (sulfide) groups is 1. The molecule has 0 radical (unpaired) electrons. The number of carboxylic acids is 1. The fourth-order valence-electron chi connectivity index (χ4n) is 1.51. The molecule has 0 aromatic heterocycles. The maximum absolute atomic E-state index is 11.5. The first-order valence-electron chi connectivity index (χ1n) is 5.30. The van der Waals surface area contributed by atoms with Gasteiger partial charge in [0.2, 0.25) is 10.0 Å². The first kappa shape index (κ1) is 13.8. The third-order valence-electron chi connectivity index (χ3n) is 2.36. The van der Waals surface area contributed by atoms with Gasteiger partial charge in [0, 0.05) is 18.2 Å². The number of carbonyl (C=O) groups is 1. The molecule has 0 aromatic carbocycles. The van der Waals surface area contributed by atoms with Crippen LogP contribution in [-0.4, -0.2) is 42.8 Å². The number of carboxylic acid groups (broad SMARTS) is 1. The van der Waals surface area contributed by atoms with Crippen molar-refractivity contribution < 1.29 is 18.3 Å². The minimum Gasteiger partial charge on any atom is -0.481 e. The Morgan fingerprint density at radius 3 is 2.81 bits per heavy atom. The fraction of sp³-hybridized carbons (Fsp3) is 0.889. The second-order valence-electron chi connectivity index (χ2n) is 3.80. The zero-order valence-corrected chi connectivity index (χ0v) is 10.6. The summed E-state index contributed by atoms with van der Waals surface area (Å²) >= 11 is 1.79. The van der Waals surface area contributed by atoms with Gasteiger partial charge in [-0.2, -0.15) is 11.8 Å². The van der Waals surface area contributed by atoms with Crippen LogP contribution in [0, 0.1) is 0 Å². The van der Waals surface area contributed by atoms with Crippen LogP contribution in [0.1, 0.15) is 25.7 Å². The lowest BCUT2D eigenvalue weighted by Crippen LogP contribution is -2.31. The van der Waals surface area contributed by atoms with Crippen molar-refractivity contribution in [2.24, 2.45) is 0 Å². The van der Waals surface area contributed by atoms with E-state index in [9.17, 15) is 13.2 Å². The Hall–Kier alpha value is -0.270. The number of rotatable bonds is 7. The van der Waals surface area contributed by atoms with Crippen LogP contribution in [0.5, 0.6) is 0 Å². The molecule has 7 heteroatoms. The lowest BCUT2D eigenvalue weighted by Gasteiger charge is -2.10. The molecular formula is C9H17NO4S2. The number of hydrogen-bond donors (Lipinski definition) is 2. The minimum absolute atomic E-state index is 0.0981. The molecule has 1 aliphatic heterocycles. The van der Waals surface area contributed by atoms with Gasteiger partial charge in [-0.1, -0.05) is 0 Å². The molecule has 1 saturated heterocycles. The van der Waals surface area contributed by atoms with Gasteiger partial charge in [-0.05, 0) is 25.0 Å². The summed E-state index contributed by atoms with van der Waals surface area (Å²) in [6, 6.07) is 0. The van der Waals surface area contributed by atoms with Crippen LogP contribution in [0.2, 0.25) is 0 Å². The van der Waals surface area contributed by atoms with E-state index in [4.69, 9.17) is 5.11 Å². The summed E-state index contributed by atoms with van der Waals surface area (Å²) in [5.74, 6) is 0.0452. The monoisotopic (exact) mass is 267 g/mol. The lowest BCUT2D eigenvalue weighted by atomic mass is 10.2. The van der Waals surface area contributed by atoms with Crippen molar-refractivity contribution in [2.45, 2.75) is 30.9 Å². The van der Waals surface area contributed by atoms with E-state index >= 15 is 0 Å². The van der Waals surface area contributed by atoms with E-state index in [0.29, 0.717) is 11.8 Å². The molecule has 0 aliphatic carbocycles. The van der Waals surface area contributed by atoms with Gasteiger partial charge in [-0.15, -0.1) is 0 Å². The van der Waals surface area contributed by atoms with Crippen LogP contribution >= 0.6 is 11.8 Å². The van der Waals surface area contributed by atoms with Gasteiger partial charge in [0.1, 0.15) is 0 Å². The molecule has 0 amide bonds. The van der Waals surface area contributed by atoms with Crippen LogP contribution in [0.25, 0.3) is 0 Å². The Bertz CT molecular complexity index is 322. The maximum Gasteiger partial charge on any atom is 0.303 e. The molecule has 1 atom stereocenters. The molecule has 94 valence electrons. The van der Waals surface area contributed by atoms with E-state index in [1.165, 1.54) is 0 Å². The summed E-state index contributed by atoms with van der Waals surface area (Å²) in [5, 5.41) is 8.78. The predicted molar refractivity (Wildman–Crippen MR) is 64.1 cm³/mol. The Kier molecular flexibility index (Phi) is 5.57. The molecule has 1 aliphatic rings. The Balaban J connectivity index is 2.20. The summed E-state index contributed by atoms with van der Waals surface area (Å²) in [6.07, 6.45) is 2.28. The van der Waals surface area contributed by atoms with Gasteiger partial charge in [-0.3, -0.25) is 4.79 Å². The van der Waals surface area contributed by atoms with Crippen LogP contribution in [0.15, 0.2) is 0 Å². The molecule has 1 fully saturated rings. The van der Waals surface area contributed by atoms with Crippen molar-refractivity contribution in [1.29, 1.82) is 0 Å². The van der Waals surface area contributed by atoms with Gasteiger partial charge in [0.05, 0.1) is 5.75 Å². The zero-order chi connectivity index (χ0) is 12.0. The third-order valence-corrected chi connectivity index (χ3v) is 5.19. The Morgan fingerprint density at radius 1 is 1.50 bits per heavy atom. The zero-order valence-electron chi connectivity index (χ0n) is 9.02. The van der Waals surface area contributed by atoms with Crippen LogP contribution in [0.4, 0.5) is 0 Å². The number of aliphatic carboxylic acids is 1. The van der Waals surface area contributed by atoms with E-state index < -0.39 is 16.0 Å². The van der Waals surface area contributed by atoms with Gasteiger partial charge in [-0.25, -0.2) is 13.1 Å². The highest BCUT2D eigenvalue weighted by Gasteiger charge is 2.18. The highest BCUT2D eigenvalue weighted by molar-refractivity contribution is 8.00. The number of nitrogens with one attached hydrogen (secondary N) is 1. The van der Waals surface area contributed by atoms with Gasteiger partial charge < -0.3 is 5.11 Å². The van der Waals surface area contributed by atoms with Gasteiger partial charge in [0.25, 0.3) is 0 Å². The summed E-state index contributed by atoms with van der Waals surface area (Å²) < 4.78 is 25.4. The summed E-state index contributed by atoms with van der Waals surface area (Å²) in [4.78, 5) is 10.2. The van der Waals surface area contributed by atoms with Crippen molar-refractivity contribution in [3.63, 3.8) is 0 Å². The maximum atomic E-state index is 11.5. The molecule has 0 saturated carbocycles. The van der Waals surface area contributed by atoms with E-state index in [1.807, 2.05) is 0 Å². The SMILES string of the molecule is O=C(O)CCCS(=O)(=O)NCC1CCCS1. The van der Waals surface area contributed by atoms with Crippen molar-refractivity contribution in [1.82, 2.24) is 4.72 Å². The average molecular weight is 267 g/mol. The lowest BCUT2D eigenvalue weighted by molar-refractivity contribution is -0.137. The topological polar surface area (TPSA) is 83.5 Å². The molecule has 1 rings (SSSR count). The molecular weight excluding hydrogens is 250 g/mol. The molecule has 1 unspecified atom stereocenters. The normalized spacial score (nSPS) is 21.1. The number of hydrogen-bond acceptors (Lipinski definition) is 4. The first-order valence-corrected chi connectivity index (χ1v) is 8.00. The molecule has 0 aromatic rings. The van der Waals surface area contributed by atoms with Crippen molar-refractivity contribution in [3.8, 4) is 0 Å². The molecule has 5 nitrogen and oxygen atoms in total. The average Bonchev–Trinajstić information content (AvgIpc) is 2.66. The van der Waals surface area contributed by atoms with E-state index in [2.05, 4.69) is 4.72 Å². The quantitative estimate of drug-likeness (QED) is 0.708. The summed E-state index contributed by atoms with van der Waals surface area (Å²) in [5.41, 5.74) is 0. The molecule has 0 spiro atoms. The highest BCUT2D eigenvalue weighted by Crippen LogP contribution is 2.25. The minimum atomic E-state index is -3.29. The third kappa shape index (κ3) is 5.72. The van der Waals surface area contributed by atoms with E-state index in [0.717, 1.165) is 18.6 Å². The fourth-order valence-corrected chi connectivity index (χ4v) is 3.94. The number of sulfonamides is 1. The molecule has 2 N–H and O–H groups in total. The second-order valence-corrected chi connectivity index (χ2v) is 7.13. The molecule has 16 heavy (non-hydrogen) atoms. The summed E-state index contributed by atoms with van der Waals surface area (Å²) in [6.45, 7) is 0.472. The standard InChI is InChI=1S/C9H17NO4S2/c11-9(12)4-2-6-16(13,14)10-7-8-3-1-5-15-8/h8,10H,1-7H2,(H,11,12). The predicted octanol–water partition coefficient (Wildman–Crippen LogP) is 0.666.